The summed E-state index contributed by atoms with van der Waals surface area (Å²) >= 11 is 3.51. The first-order valence-electron chi connectivity index (χ1n) is 16.9. The zero-order valence-corrected chi connectivity index (χ0v) is 28.0. The van der Waals surface area contributed by atoms with Crippen LogP contribution in [-0.2, 0) is 27.4 Å². The molecule has 0 N–H and O–H groups in total. The second-order valence-corrected chi connectivity index (χ2v) is 14.5. The van der Waals surface area contributed by atoms with Crippen LogP contribution in [0.1, 0.15) is 119 Å². The average molecular weight is 652 g/mol. The SMILES string of the molecule is COC(=O)C1(CCCCCCCCCCCBr)C[C@H]2[C@@H]3CCc4cc(OCc5ccccc5)ccc4[C@H]3CC[C@]2(C)C1=O. The van der Waals surface area contributed by atoms with Crippen LogP contribution in [0.3, 0.4) is 0 Å². The van der Waals surface area contributed by atoms with Gasteiger partial charge in [0, 0.05) is 10.7 Å². The lowest BCUT2D eigenvalue weighted by atomic mass is 9.55. The molecule has 0 bridgehead atoms. The number of fused-ring (bicyclic) bond motifs is 5. The van der Waals surface area contributed by atoms with Gasteiger partial charge >= 0.3 is 5.97 Å². The number of esters is 1. The van der Waals surface area contributed by atoms with E-state index in [0.29, 0.717) is 31.3 Å². The predicted molar refractivity (Wildman–Crippen MR) is 177 cm³/mol. The number of Topliss-reactive ketones (excluding diaryl/α,β-unsaturated/α-hetero) is 1. The molecule has 2 aromatic rings. The van der Waals surface area contributed by atoms with Crippen LogP contribution in [0.2, 0.25) is 0 Å². The second kappa shape index (κ2) is 14.8. The Kier molecular flexibility index (Phi) is 11.1. The fraction of sp³-hybridized carbons (Fsp3) is 0.632. The minimum atomic E-state index is -0.964. The number of ether oxygens (including phenoxy) is 2. The van der Waals surface area contributed by atoms with Gasteiger partial charge in [0.2, 0.25) is 0 Å². The molecular formula is C38H51BrO4. The van der Waals surface area contributed by atoms with Gasteiger partial charge in [-0.2, -0.15) is 0 Å². The van der Waals surface area contributed by atoms with Crippen molar-refractivity contribution in [2.75, 3.05) is 12.4 Å². The number of hydrogen-bond donors (Lipinski definition) is 0. The van der Waals surface area contributed by atoms with Crippen molar-refractivity contribution in [2.45, 2.75) is 116 Å². The summed E-state index contributed by atoms with van der Waals surface area (Å²) in [6.45, 7) is 2.74. The fourth-order valence-electron chi connectivity index (χ4n) is 8.83. The maximum absolute atomic E-state index is 14.3. The van der Waals surface area contributed by atoms with E-state index in [1.165, 1.54) is 68.7 Å². The summed E-state index contributed by atoms with van der Waals surface area (Å²) in [5.41, 5.74) is 2.60. The van der Waals surface area contributed by atoms with Crippen molar-refractivity contribution in [3.05, 3.63) is 65.2 Å². The highest BCUT2D eigenvalue weighted by atomic mass is 79.9. The molecule has 0 aromatic heterocycles. The first-order valence-corrected chi connectivity index (χ1v) is 18.0. The second-order valence-electron chi connectivity index (χ2n) is 13.7. The number of alkyl halides is 1. The smallest absolute Gasteiger partial charge is 0.319 e. The molecule has 43 heavy (non-hydrogen) atoms. The minimum Gasteiger partial charge on any atom is -0.489 e. The number of halogens is 1. The van der Waals surface area contributed by atoms with E-state index in [-0.39, 0.29) is 17.7 Å². The van der Waals surface area contributed by atoms with Gasteiger partial charge in [-0.1, -0.05) is 111 Å². The van der Waals surface area contributed by atoms with Crippen LogP contribution in [0.5, 0.6) is 5.75 Å². The number of ketones is 1. The van der Waals surface area contributed by atoms with Crippen LogP contribution in [0, 0.1) is 22.7 Å². The molecule has 0 amide bonds. The van der Waals surface area contributed by atoms with Gasteiger partial charge in [0.15, 0.2) is 5.78 Å². The number of carbonyl (C=O) groups excluding carboxylic acids is 2. The van der Waals surface area contributed by atoms with Gasteiger partial charge in [-0.3, -0.25) is 9.59 Å². The van der Waals surface area contributed by atoms with Gasteiger partial charge in [-0.05, 0) is 91.5 Å². The van der Waals surface area contributed by atoms with Crippen molar-refractivity contribution in [1.82, 2.24) is 0 Å². The summed E-state index contributed by atoms with van der Waals surface area (Å²) in [7, 11) is 1.47. The van der Waals surface area contributed by atoms with Gasteiger partial charge in [-0.15, -0.1) is 0 Å². The van der Waals surface area contributed by atoms with Crippen LogP contribution in [-0.4, -0.2) is 24.2 Å². The van der Waals surface area contributed by atoms with Gasteiger partial charge in [-0.25, -0.2) is 0 Å². The molecule has 234 valence electrons. The Bertz CT molecular complexity index is 1230. The molecule has 3 aliphatic rings. The van der Waals surface area contributed by atoms with Crippen LogP contribution in [0.15, 0.2) is 48.5 Å². The lowest BCUT2D eigenvalue weighted by Crippen LogP contribution is -2.44. The zero-order valence-electron chi connectivity index (χ0n) is 26.4. The molecule has 5 rings (SSSR count). The van der Waals surface area contributed by atoms with E-state index in [9.17, 15) is 9.59 Å². The van der Waals surface area contributed by atoms with E-state index < -0.39 is 10.8 Å². The molecule has 0 aliphatic heterocycles. The highest BCUT2D eigenvalue weighted by Gasteiger charge is 2.66. The average Bonchev–Trinajstić information content (AvgIpc) is 3.27. The Hall–Kier alpha value is -2.14. The van der Waals surface area contributed by atoms with Crippen LogP contribution < -0.4 is 4.74 Å². The molecule has 5 atom stereocenters. The van der Waals surface area contributed by atoms with Gasteiger partial charge in [0.1, 0.15) is 17.8 Å². The Morgan fingerprint density at radius 2 is 1.63 bits per heavy atom. The third-order valence-corrected chi connectivity index (χ3v) is 11.7. The standard InChI is InChI=1S/C38H51BrO4/c1-37-23-21-32-31-20-18-30(43-27-28-15-11-10-12-16-28)25-29(31)17-19-33(32)34(37)26-38(35(37)40,36(41)42-2)22-13-8-6-4-3-5-7-9-14-24-39/h10-12,15-16,18,20,25,32-34H,3-9,13-14,17,19,21-24,26-27H2,1-2H3/t32-,33-,34+,37+,38?/m1/s1. The number of carbonyl (C=O) groups is 2. The van der Waals surface area contributed by atoms with Crippen molar-refractivity contribution in [3.8, 4) is 5.75 Å². The van der Waals surface area contributed by atoms with E-state index in [2.05, 4.69) is 53.2 Å². The van der Waals surface area contributed by atoms with Crippen LogP contribution in [0.4, 0.5) is 0 Å². The lowest BCUT2D eigenvalue weighted by Gasteiger charge is -2.48. The summed E-state index contributed by atoms with van der Waals surface area (Å²) in [5.74, 6) is 1.94. The summed E-state index contributed by atoms with van der Waals surface area (Å²) in [5, 5.41) is 1.11. The first-order chi connectivity index (χ1) is 20.9. The van der Waals surface area contributed by atoms with Crippen molar-refractivity contribution in [1.29, 1.82) is 0 Å². The molecule has 2 aromatic carbocycles. The molecule has 5 heteroatoms. The quantitative estimate of drug-likeness (QED) is 0.0833. The maximum Gasteiger partial charge on any atom is 0.319 e. The maximum atomic E-state index is 14.3. The molecule has 0 heterocycles. The Morgan fingerprint density at radius 1 is 0.930 bits per heavy atom. The predicted octanol–water partition coefficient (Wildman–Crippen LogP) is 9.76. The highest BCUT2D eigenvalue weighted by Crippen LogP contribution is 2.64. The van der Waals surface area contributed by atoms with E-state index in [4.69, 9.17) is 9.47 Å². The lowest BCUT2D eigenvalue weighted by molar-refractivity contribution is -0.159. The van der Waals surface area contributed by atoms with Crippen molar-refractivity contribution >= 4 is 27.7 Å². The zero-order chi connectivity index (χ0) is 30.3. The normalized spacial score (nSPS) is 27.7. The van der Waals surface area contributed by atoms with Crippen molar-refractivity contribution in [3.63, 3.8) is 0 Å². The Balaban J connectivity index is 1.22. The molecule has 2 saturated carbocycles. The van der Waals surface area contributed by atoms with Gasteiger partial charge < -0.3 is 9.47 Å². The number of hydrogen-bond acceptors (Lipinski definition) is 4. The summed E-state index contributed by atoms with van der Waals surface area (Å²) in [6.07, 6.45) is 16.2. The number of benzene rings is 2. The largest absolute Gasteiger partial charge is 0.489 e. The molecule has 4 nitrogen and oxygen atoms in total. The Labute approximate surface area is 267 Å². The first kappa shape index (κ1) is 32.3. The summed E-state index contributed by atoms with van der Waals surface area (Å²) in [4.78, 5) is 27.7. The Morgan fingerprint density at radius 3 is 2.33 bits per heavy atom. The summed E-state index contributed by atoms with van der Waals surface area (Å²) in [6, 6.07) is 16.9. The number of rotatable bonds is 15. The number of unbranched alkanes of at least 4 members (excludes halogenated alkanes) is 8. The highest BCUT2D eigenvalue weighted by molar-refractivity contribution is 9.09. The van der Waals surface area contributed by atoms with Crippen LogP contribution >= 0.6 is 15.9 Å². The molecule has 2 fully saturated rings. The molecule has 3 aliphatic carbocycles. The molecule has 0 spiro atoms. The fourth-order valence-corrected chi connectivity index (χ4v) is 9.23. The molecule has 1 unspecified atom stereocenters. The van der Waals surface area contributed by atoms with E-state index in [0.717, 1.165) is 49.6 Å². The molecular weight excluding hydrogens is 600 g/mol. The topological polar surface area (TPSA) is 52.6 Å². The minimum absolute atomic E-state index is 0.178. The number of methoxy groups -OCH3 is 1. The third kappa shape index (κ3) is 6.92. The van der Waals surface area contributed by atoms with E-state index >= 15 is 0 Å². The van der Waals surface area contributed by atoms with E-state index in [1.54, 1.807) is 0 Å². The van der Waals surface area contributed by atoms with Crippen molar-refractivity contribution < 1.29 is 19.1 Å². The van der Waals surface area contributed by atoms with Crippen LogP contribution in [0.25, 0.3) is 0 Å². The molecule has 0 radical (unpaired) electrons. The van der Waals surface area contributed by atoms with Crippen molar-refractivity contribution in [2.24, 2.45) is 22.7 Å². The van der Waals surface area contributed by atoms with Gasteiger partial charge in [0.25, 0.3) is 0 Å². The molecule has 0 saturated heterocycles. The monoisotopic (exact) mass is 650 g/mol. The number of aryl methyl sites for hydroxylation is 1. The van der Waals surface area contributed by atoms with Gasteiger partial charge in [0.05, 0.1) is 7.11 Å². The van der Waals surface area contributed by atoms with E-state index in [1.807, 2.05) is 18.2 Å². The third-order valence-electron chi connectivity index (χ3n) is 11.2. The summed E-state index contributed by atoms with van der Waals surface area (Å²) < 4.78 is 11.5.